The van der Waals surface area contributed by atoms with Gasteiger partial charge in [-0.1, -0.05) is 36.7 Å². The first-order valence-electron chi connectivity index (χ1n) is 5.70. The van der Waals surface area contributed by atoms with Gasteiger partial charge in [0.2, 0.25) is 0 Å². The molecule has 0 aliphatic heterocycles. The third-order valence-electron chi connectivity index (χ3n) is 2.73. The number of hydrogen-bond acceptors (Lipinski definition) is 1. The Hall–Kier alpha value is -1.09. The van der Waals surface area contributed by atoms with Crippen molar-refractivity contribution in [1.29, 1.82) is 0 Å². The van der Waals surface area contributed by atoms with E-state index in [0.29, 0.717) is 0 Å². The van der Waals surface area contributed by atoms with Crippen molar-refractivity contribution in [3.05, 3.63) is 46.2 Å². The van der Waals surface area contributed by atoms with E-state index in [1.54, 1.807) is 0 Å². The highest BCUT2D eigenvalue weighted by Crippen LogP contribution is 2.28. The molecular formula is C14H17BrN2. The largest absolute Gasteiger partial charge is 0.237 e. The molecule has 0 atom stereocenters. The summed E-state index contributed by atoms with van der Waals surface area (Å²) in [6, 6.07) is 8.23. The lowest BCUT2D eigenvalue weighted by molar-refractivity contribution is 0.540. The molecule has 0 spiro atoms. The number of rotatable bonds is 1. The first kappa shape index (κ1) is 12.4. The van der Waals surface area contributed by atoms with Crippen LogP contribution in [0.1, 0.15) is 32.0 Å². The highest BCUT2D eigenvalue weighted by atomic mass is 79.9. The molecule has 0 aliphatic carbocycles. The van der Waals surface area contributed by atoms with Crippen LogP contribution < -0.4 is 0 Å². The topological polar surface area (TPSA) is 17.8 Å². The summed E-state index contributed by atoms with van der Waals surface area (Å²) in [4.78, 5) is 0. The number of aromatic nitrogens is 2. The van der Waals surface area contributed by atoms with E-state index in [1.165, 1.54) is 11.3 Å². The summed E-state index contributed by atoms with van der Waals surface area (Å²) in [5.74, 6) is 0. The molecule has 3 heteroatoms. The van der Waals surface area contributed by atoms with Gasteiger partial charge < -0.3 is 0 Å². The van der Waals surface area contributed by atoms with Gasteiger partial charge >= 0.3 is 0 Å². The molecule has 2 nitrogen and oxygen atoms in total. The summed E-state index contributed by atoms with van der Waals surface area (Å²) in [7, 11) is 0. The molecular weight excluding hydrogens is 276 g/mol. The second kappa shape index (κ2) is 4.30. The lowest BCUT2D eigenvalue weighted by Crippen LogP contribution is -2.18. The average molecular weight is 293 g/mol. The van der Waals surface area contributed by atoms with Crippen LogP contribution in [0.15, 0.2) is 34.9 Å². The van der Waals surface area contributed by atoms with Crippen molar-refractivity contribution in [2.45, 2.75) is 33.1 Å². The molecule has 0 saturated carbocycles. The monoisotopic (exact) mass is 292 g/mol. The van der Waals surface area contributed by atoms with Gasteiger partial charge in [-0.15, -0.1) is 0 Å². The van der Waals surface area contributed by atoms with Gasteiger partial charge in [-0.25, -0.2) is 4.68 Å². The van der Waals surface area contributed by atoms with E-state index in [2.05, 4.69) is 60.9 Å². The highest BCUT2D eigenvalue weighted by Gasteiger charge is 2.22. The minimum atomic E-state index is 0.0909. The number of aryl methyl sites for hydroxylation is 1. The Kier molecular flexibility index (Phi) is 3.13. The molecule has 2 aromatic rings. The standard InChI is InChI=1S/C14H17BrN2/c1-10-9-16-17(13(10)14(2,3)4)12-7-5-11(15)6-8-12/h5-9H,1-4H3. The van der Waals surface area contributed by atoms with E-state index in [4.69, 9.17) is 0 Å². The third kappa shape index (κ3) is 2.44. The summed E-state index contributed by atoms with van der Waals surface area (Å²) in [5.41, 5.74) is 3.69. The quantitative estimate of drug-likeness (QED) is 0.769. The van der Waals surface area contributed by atoms with Crippen LogP contribution in [0.2, 0.25) is 0 Å². The maximum Gasteiger partial charge on any atom is 0.0649 e. The molecule has 1 heterocycles. The molecule has 0 bridgehead atoms. The Bertz CT molecular complexity index is 518. The Morgan fingerprint density at radius 3 is 2.24 bits per heavy atom. The molecule has 17 heavy (non-hydrogen) atoms. The predicted octanol–water partition coefficient (Wildman–Crippen LogP) is 4.24. The van der Waals surface area contributed by atoms with Crippen molar-refractivity contribution in [1.82, 2.24) is 9.78 Å². The van der Waals surface area contributed by atoms with E-state index in [-0.39, 0.29) is 5.41 Å². The van der Waals surface area contributed by atoms with Crippen molar-refractivity contribution in [3.8, 4) is 5.69 Å². The van der Waals surface area contributed by atoms with Crippen LogP contribution in [-0.4, -0.2) is 9.78 Å². The van der Waals surface area contributed by atoms with Crippen molar-refractivity contribution in [2.75, 3.05) is 0 Å². The van der Waals surface area contributed by atoms with Gasteiger partial charge in [0, 0.05) is 9.89 Å². The average Bonchev–Trinajstić information content (AvgIpc) is 2.61. The highest BCUT2D eigenvalue weighted by molar-refractivity contribution is 9.10. The van der Waals surface area contributed by atoms with Crippen molar-refractivity contribution in [2.24, 2.45) is 0 Å². The van der Waals surface area contributed by atoms with Gasteiger partial charge in [-0.3, -0.25) is 0 Å². The van der Waals surface area contributed by atoms with Crippen LogP contribution in [-0.2, 0) is 5.41 Å². The molecule has 1 aromatic carbocycles. The van der Waals surface area contributed by atoms with E-state index < -0.39 is 0 Å². The summed E-state index contributed by atoms with van der Waals surface area (Å²) >= 11 is 3.45. The van der Waals surface area contributed by atoms with E-state index >= 15 is 0 Å². The smallest absolute Gasteiger partial charge is 0.0649 e. The molecule has 1 aromatic heterocycles. The van der Waals surface area contributed by atoms with Gasteiger partial charge in [-0.2, -0.15) is 5.10 Å². The fraction of sp³-hybridized carbons (Fsp3) is 0.357. The van der Waals surface area contributed by atoms with Crippen molar-refractivity contribution < 1.29 is 0 Å². The number of hydrogen-bond donors (Lipinski definition) is 0. The van der Waals surface area contributed by atoms with Gasteiger partial charge in [0.1, 0.15) is 0 Å². The molecule has 0 unspecified atom stereocenters. The summed E-state index contributed by atoms with van der Waals surface area (Å²) < 4.78 is 3.12. The van der Waals surface area contributed by atoms with Crippen LogP contribution >= 0.6 is 15.9 Å². The Balaban J connectivity index is 2.57. The fourth-order valence-corrected chi connectivity index (χ4v) is 2.38. The molecule has 0 fully saturated rings. The SMILES string of the molecule is Cc1cnn(-c2ccc(Br)cc2)c1C(C)(C)C. The molecule has 0 amide bonds. The first-order valence-corrected chi connectivity index (χ1v) is 6.50. The Morgan fingerprint density at radius 1 is 1.12 bits per heavy atom. The molecule has 0 saturated heterocycles. The number of halogens is 1. The Labute approximate surface area is 111 Å². The zero-order chi connectivity index (χ0) is 12.6. The maximum absolute atomic E-state index is 4.48. The predicted molar refractivity (Wildman–Crippen MR) is 74.7 cm³/mol. The summed E-state index contributed by atoms with van der Waals surface area (Å²) in [6.07, 6.45) is 1.93. The van der Waals surface area contributed by atoms with Gasteiger partial charge in [0.25, 0.3) is 0 Å². The normalized spacial score (nSPS) is 11.8. The van der Waals surface area contributed by atoms with Gasteiger partial charge in [0.15, 0.2) is 0 Å². The van der Waals surface area contributed by atoms with Crippen LogP contribution in [0.25, 0.3) is 5.69 Å². The maximum atomic E-state index is 4.48. The van der Waals surface area contributed by atoms with Gasteiger partial charge in [-0.05, 0) is 36.8 Å². The second-order valence-electron chi connectivity index (χ2n) is 5.31. The molecule has 2 rings (SSSR count). The third-order valence-corrected chi connectivity index (χ3v) is 3.26. The fourth-order valence-electron chi connectivity index (χ4n) is 2.12. The van der Waals surface area contributed by atoms with Crippen LogP contribution in [0, 0.1) is 6.92 Å². The van der Waals surface area contributed by atoms with Crippen LogP contribution in [0.3, 0.4) is 0 Å². The minimum Gasteiger partial charge on any atom is -0.237 e. The Morgan fingerprint density at radius 2 is 1.71 bits per heavy atom. The van der Waals surface area contributed by atoms with E-state index in [9.17, 15) is 0 Å². The van der Waals surface area contributed by atoms with E-state index in [1.807, 2.05) is 23.0 Å². The van der Waals surface area contributed by atoms with Crippen LogP contribution in [0.4, 0.5) is 0 Å². The first-order chi connectivity index (χ1) is 7.89. The van der Waals surface area contributed by atoms with E-state index in [0.717, 1.165) is 10.2 Å². The molecule has 0 aliphatic rings. The molecule has 0 radical (unpaired) electrons. The van der Waals surface area contributed by atoms with Gasteiger partial charge in [0.05, 0.1) is 17.6 Å². The van der Waals surface area contributed by atoms with Crippen LogP contribution in [0.5, 0.6) is 0 Å². The number of nitrogens with zero attached hydrogens (tertiary/aromatic N) is 2. The zero-order valence-electron chi connectivity index (χ0n) is 10.7. The molecule has 0 N–H and O–H groups in total. The van der Waals surface area contributed by atoms with Crippen molar-refractivity contribution >= 4 is 15.9 Å². The minimum absolute atomic E-state index is 0.0909. The number of benzene rings is 1. The second-order valence-corrected chi connectivity index (χ2v) is 6.23. The molecule has 90 valence electrons. The lowest BCUT2D eigenvalue weighted by atomic mass is 9.89. The zero-order valence-corrected chi connectivity index (χ0v) is 12.2. The summed E-state index contributed by atoms with van der Waals surface area (Å²) in [6.45, 7) is 8.76. The van der Waals surface area contributed by atoms with Crippen molar-refractivity contribution in [3.63, 3.8) is 0 Å². The summed E-state index contributed by atoms with van der Waals surface area (Å²) in [5, 5.41) is 4.48. The lowest BCUT2D eigenvalue weighted by Gasteiger charge is -2.21.